The number of anilines is 1. The van der Waals surface area contributed by atoms with Gasteiger partial charge in [-0.05, 0) is 70.0 Å². The maximum Gasteiger partial charge on any atom is 0.200 e. The van der Waals surface area contributed by atoms with Crippen molar-refractivity contribution < 1.29 is 4.74 Å². The van der Waals surface area contributed by atoms with Gasteiger partial charge in [0, 0.05) is 18.7 Å². The average molecular weight is 389 g/mol. The summed E-state index contributed by atoms with van der Waals surface area (Å²) in [6.07, 6.45) is 3.24. The summed E-state index contributed by atoms with van der Waals surface area (Å²) >= 11 is 5.56. The Bertz CT molecular complexity index is 877. The summed E-state index contributed by atoms with van der Waals surface area (Å²) < 4.78 is 8.24. The second-order valence-corrected chi connectivity index (χ2v) is 8.06. The lowest BCUT2D eigenvalue weighted by atomic mass is 10.1. The van der Waals surface area contributed by atoms with Crippen molar-refractivity contribution in [2.75, 3.05) is 19.1 Å². The predicted octanol–water partition coefficient (Wildman–Crippen LogP) is 5.54. The van der Waals surface area contributed by atoms with E-state index in [4.69, 9.17) is 17.0 Å². The first-order valence-corrected chi connectivity index (χ1v) is 9.85. The maximum absolute atomic E-state index is 5.63. The van der Waals surface area contributed by atoms with Crippen molar-refractivity contribution in [2.24, 2.45) is 5.92 Å². The second kappa shape index (κ2) is 8.74. The smallest absolute Gasteiger partial charge is 0.200 e. The number of allylic oxidation sites excluding steroid dienone is 2. The Kier molecular flexibility index (Phi) is 6.87. The minimum Gasteiger partial charge on any atom is -0.495 e. The molecule has 0 aliphatic heterocycles. The number of hydrogen-bond acceptors (Lipinski definition) is 4. The van der Waals surface area contributed by atoms with Gasteiger partial charge in [-0.1, -0.05) is 19.9 Å². The molecule has 0 spiro atoms. The third-order valence-corrected chi connectivity index (χ3v) is 5.15. The van der Waals surface area contributed by atoms with Gasteiger partial charge < -0.3 is 9.64 Å². The Morgan fingerprint density at radius 2 is 2.00 bits per heavy atom. The number of aromatic nitrogens is 3. The molecule has 0 aliphatic carbocycles. The molecule has 1 aromatic heterocycles. The van der Waals surface area contributed by atoms with E-state index < -0.39 is 0 Å². The summed E-state index contributed by atoms with van der Waals surface area (Å²) in [6.45, 7) is 12.9. The van der Waals surface area contributed by atoms with E-state index in [1.54, 1.807) is 7.11 Å². The van der Waals surface area contributed by atoms with Gasteiger partial charge in [-0.3, -0.25) is 9.67 Å². The summed E-state index contributed by atoms with van der Waals surface area (Å²) in [5.74, 6) is 2.31. The minimum atomic E-state index is 0.345. The molecule has 2 rings (SSSR count). The molecule has 6 heteroatoms. The quantitative estimate of drug-likeness (QED) is 0.633. The van der Waals surface area contributed by atoms with Crippen LogP contribution in [0.25, 0.3) is 11.3 Å². The SMILES string of the molecule is COc1ccc(-n2c(/C(C)=C/CC(C)C)n[nH]c2=S)c(C)c1N(C)C(C)C. The van der Waals surface area contributed by atoms with E-state index in [9.17, 15) is 0 Å². The number of H-pyrrole nitrogens is 1. The molecule has 2 aromatic rings. The number of rotatable bonds is 7. The van der Waals surface area contributed by atoms with Gasteiger partial charge in [0.25, 0.3) is 0 Å². The Labute approximate surface area is 168 Å². The summed E-state index contributed by atoms with van der Waals surface area (Å²) in [5.41, 5.74) is 4.32. The van der Waals surface area contributed by atoms with Crippen molar-refractivity contribution in [1.82, 2.24) is 14.8 Å². The van der Waals surface area contributed by atoms with Gasteiger partial charge in [-0.15, -0.1) is 0 Å². The highest BCUT2D eigenvalue weighted by Crippen LogP contribution is 2.36. The fraction of sp³-hybridized carbons (Fsp3) is 0.524. The van der Waals surface area contributed by atoms with E-state index in [2.05, 4.69) is 75.8 Å². The molecule has 0 fully saturated rings. The molecule has 0 aliphatic rings. The van der Waals surface area contributed by atoms with Crippen LogP contribution in [0.4, 0.5) is 5.69 Å². The first-order valence-electron chi connectivity index (χ1n) is 9.44. The molecule has 0 unspecified atom stereocenters. The summed E-state index contributed by atoms with van der Waals surface area (Å²) in [4.78, 5) is 2.22. The molecule has 0 atom stereocenters. The third-order valence-electron chi connectivity index (χ3n) is 4.87. The lowest BCUT2D eigenvalue weighted by Crippen LogP contribution is -2.27. The second-order valence-electron chi connectivity index (χ2n) is 7.67. The van der Waals surface area contributed by atoms with E-state index in [1.165, 1.54) is 0 Å². The molecule has 1 N–H and O–H groups in total. The first-order chi connectivity index (χ1) is 12.7. The van der Waals surface area contributed by atoms with Crippen LogP contribution in [-0.2, 0) is 0 Å². The van der Waals surface area contributed by atoms with E-state index in [1.807, 2.05) is 10.6 Å². The molecule has 5 nitrogen and oxygen atoms in total. The van der Waals surface area contributed by atoms with Crippen LogP contribution in [0.15, 0.2) is 18.2 Å². The Morgan fingerprint density at radius 3 is 2.56 bits per heavy atom. The van der Waals surface area contributed by atoms with Crippen LogP contribution in [0.3, 0.4) is 0 Å². The number of methoxy groups -OCH3 is 1. The largest absolute Gasteiger partial charge is 0.495 e. The molecular weight excluding hydrogens is 356 g/mol. The number of ether oxygens (including phenoxy) is 1. The standard InChI is InChI=1S/C21H32N4OS/c1-13(2)9-10-15(5)20-22-23-21(27)25(20)17-11-12-18(26-8)19(16(17)6)24(7)14(3)4/h10-14H,9H2,1-8H3,(H,23,27)/b15-10+. The van der Waals surface area contributed by atoms with Gasteiger partial charge in [0.05, 0.1) is 18.5 Å². The fourth-order valence-corrected chi connectivity index (χ4v) is 3.29. The zero-order chi connectivity index (χ0) is 20.3. The van der Waals surface area contributed by atoms with Gasteiger partial charge >= 0.3 is 0 Å². The Hall–Kier alpha value is -2.08. The molecule has 1 aromatic carbocycles. The zero-order valence-corrected chi connectivity index (χ0v) is 18.6. The van der Waals surface area contributed by atoms with E-state index in [0.29, 0.717) is 16.7 Å². The molecule has 0 radical (unpaired) electrons. The van der Waals surface area contributed by atoms with Crippen LogP contribution in [0, 0.1) is 17.6 Å². The van der Waals surface area contributed by atoms with Crippen LogP contribution in [0.2, 0.25) is 0 Å². The van der Waals surface area contributed by atoms with E-state index in [0.717, 1.165) is 40.5 Å². The monoisotopic (exact) mass is 388 g/mol. The van der Waals surface area contributed by atoms with Crippen molar-refractivity contribution in [2.45, 2.75) is 54.0 Å². The molecular formula is C21H32N4OS. The van der Waals surface area contributed by atoms with Crippen molar-refractivity contribution in [3.8, 4) is 11.4 Å². The first kappa shape index (κ1) is 21.2. The van der Waals surface area contributed by atoms with Crippen LogP contribution in [-0.4, -0.2) is 35.0 Å². The van der Waals surface area contributed by atoms with Crippen molar-refractivity contribution in [3.63, 3.8) is 0 Å². The van der Waals surface area contributed by atoms with Crippen molar-refractivity contribution in [3.05, 3.63) is 34.4 Å². The van der Waals surface area contributed by atoms with Crippen molar-refractivity contribution in [1.29, 1.82) is 0 Å². The number of nitrogens with zero attached hydrogens (tertiary/aromatic N) is 3. The molecule has 1 heterocycles. The number of aromatic amines is 1. The number of nitrogens with one attached hydrogen (secondary N) is 1. The number of benzene rings is 1. The molecule has 0 saturated heterocycles. The van der Waals surface area contributed by atoms with E-state index in [-0.39, 0.29) is 0 Å². The Balaban J connectivity index is 2.67. The van der Waals surface area contributed by atoms with Crippen molar-refractivity contribution >= 4 is 23.5 Å². The van der Waals surface area contributed by atoms with Gasteiger partial charge in [-0.25, -0.2) is 0 Å². The fourth-order valence-electron chi connectivity index (χ4n) is 3.06. The topological polar surface area (TPSA) is 46.1 Å². The van der Waals surface area contributed by atoms with Crippen LogP contribution >= 0.6 is 12.2 Å². The van der Waals surface area contributed by atoms with E-state index >= 15 is 0 Å². The van der Waals surface area contributed by atoms with Gasteiger partial charge in [0.2, 0.25) is 0 Å². The maximum atomic E-state index is 5.63. The lowest BCUT2D eigenvalue weighted by molar-refractivity contribution is 0.413. The van der Waals surface area contributed by atoms with Crippen LogP contribution in [0.1, 0.15) is 52.4 Å². The average Bonchev–Trinajstić information content (AvgIpc) is 3.00. The molecule has 27 heavy (non-hydrogen) atoms. The normalized spacial score (nSPS) is 12.1. The molecule has 0 amide bonds. The zero-order valence-electron chi connectivity index (χ0n) is 17.8. The highest BCUT2D eigenvalue weighted by Gasteiger charge is 2.20. The summed E-state index contributed by atoms with van der Waals surface area (Å²) in [6, 6.07) is 4.40. The Morgan fingerprint density at radius 1 is 1.33 bits per heavy atom. The summed E-state index contributed by atoms with van der Waals surface area (Å²) in [7, 11) is 3.79. The lowest BCUT2D eigenvalue weighted by Gasteiger charge is -2.28. The third kappa shape index (κ3) is 4.43. The predicted molar refractivity (Wildman–Crippen MR) is 117 cm³/mol. The minimum absolute atomic E-state index is 0.345. The number of hydrogen-bond donors (Lipinski definition) is 1. The van der Waals surface area contributed by atoms with Crippen LogP contribution in [0.5, 0.6) is 5.75 Å². The molecule has 0 bridgehead atoms. The highest BCUT2D eigenvalue weighted by atomic mass is 32.1. The summed E-state index contributed by atoms with van der Waals surface area (Å²) in [5, 5.41) is 7.46. The van der Waals surface area contributed by atoms with Crippen LogP contribution < -0.4 is 9.64 Å². The van der Waals surface area contributed by atoms with Gasteiger partial charge in [0.1, 0.15) is 5.75 Å². The molecule has 148 valence electrons. The molecule has 0 saturated carbocycles. The highest BCUT2D eigenvalue weighted by molar-refractivity contribution is 7.71. The van der Waals surface area contributed by atoms with Gasteiger partial charge in [0.15, 0.2) is 10.6 Å². The van der Waals surface area contributed by atoms with Gasteiger partial charge in [-0.2, -0.15) is 5.10 Å².